The van der Waals surface area contributed by atoms with Crippen molar-refractivity contribution in [1.29, 1.82) is 0 Å². The van der Waals surface area contributed by atoms with Crippen LogP contribution in [0.3, 0.4) is 0 Å². The van der Waals surface area contributed by atoms with Crippen LogP contribution in [0.2, 0.25) is 10.0 Å². The number of rotatable bonds is 11. The zero-order chi connectivity index (χ0) is 28.0. The fourth-order valence-electron chi connectivity index (χ4n) is 4.21. The molecule has 3 rings (SSSR count). The summed E-state index contributed by atoms with van der Waals surface area (Å²) in [4.78, 5) is 28.6. The van der Waals surface area contributed by atoms with Crippen LogP contribution in [0.25, 0.3) is 10.8 Å². The molecule has 0 saturated heterocycles. The highest BCUT2D eigenvalue weighted by Crippen LogP contribution is 2.29. The molecule has 0 saturated carbocycles. The highest BCUT2D eigenvalue weighted by molar-refractivity contribution is 7.92. The normalized spacial score (nSPS) is 13.1. The lowest BCUT2D eigenvalue weighted by Crippen LogP contribution is -2.53. The molecular formula is C28H33Cl2N3O4S. The predicted molar refractivity (Wildman–Crippen MR) is 155 cm³/mol. The molecule has 38 heavy (non-hydrogen) atoms. The second kappa shape index (κ2) is 12.8. The zero-order valence-electron chi connectivity index (χ0n) is 21.9. The molecule has 0 fully saturated rings. The van der Waals surface area contributed by atoms with Gasteiger partial charge in [-0.1, -0.05) is 79.5 Å². The number of amides is 2. The van der Waals surface area contributed by atoms with Gasteiger partial charge in [-0.25, -0.2) is 8.42 Å². The molecule has 204 valence electrons. The van der Waals surface area contributed by atoms with E-state index in [1.54, 1.807) is 30.3 Å². The van der Waals surface area contributed by atoms with E-state index >= 15 is 0 Å². The number of fused-ring (bicyclic) bond motifs is 1. The fourth-order valence-corrected chi connectivity index (χ4v) is 5.54. The first-order chi connectivity index (χ1) is 18.0. The van der Waals surface area contributed by atoms with Crippen LogP contribution >= 0.6 is 23.2 Å². The van der Waals surface area contributed by atoms with Crippen molar-refractivity contribution in [2.24, 2.45) is 0 Å². The van der Waals surface area contributed by atoms with Gasteiger partial charge in [-0.05, 0) is 48.9 Å². The quantitative estimate of drug-likeness (QED) is 0.319. The first-order valence-electron chi connectivity index (χ1n) is 12.5. The van der Waals surface area contributed by atoms with Crippen molar-refractivity contribution in [3.63, 3.8) is 0 Å². The van der Waals surface area contributed by atoms with Crippen LogP contribution in [0, 0.1) is 0 Å². The lowest BCUT2D eigenvalue weighted by atomic mass is 10.1. The summed E-state index contributed by atoms with van der Waals surface area (Å²) in [7, 11) is -3.86. The third kappa shape index (κ3) is 7.18. The molecule has 0 aliphatic heterocycles. The van der Waals surface area contributed by atoms with Crippen molar-refractivity contribution in [3.8, 4) is 0 Å². The maximum atomic E-state index is 13.9. The Balaban J connectivity index is 2.05. The highest BCUT2D eigenvalue weighted by atomic mass is 35.5. The van der Waals surface area contributed by atoms with Crippen molar-refractivity contribution in [2.45, 2.75) is 52.2 Å². The molecule has 0 bridgehead atoms. The third-order valence-electron chi connectivity index (χ3n) is 6.46. The minimum atomic E-state index is -3.86. The van der Waals surface area contributed by atoms with Crippen LogP contribution in [-0.2, 0) is 26.2 Å². The molecular weight excluding hydrogens is 545 g/mol. The first-order valence-corrected chi connectivity index (χ1v) is 15.1. The Bertz CT molecular complexity index is 1410. The van der Waals surface area contributed by atoms with Gasteiger partial charge in [0.05, 0.1) is 11.9 Å². The Morgan fingerprint density at radius 2 is 1.66 bits per heavy atom. The number of hydrogen-bond donors (Lipinski definition) is 1. The van der Waals surface area contributed by atoms with Gasteiger partial charge in [0.2, 0.25) is 21.8 Å². The number of nitrogens with one attached hydrogen (secondary N) is 1. The van der Waals surface area contributed by atoms with E-state index in [1.165, 1.54) is 4.90 Å². The maximum Gasteiger partial charge on any atom is 0.244 e. The number of sulfonamides is 1. The summed E-state index contributed by atoms with van der Waals surface area (Å²) in [6, 6.07) is 16.7. The average Bonchev–Trinajstić information content (AvgIpc) is 2.87. The summed E-state index contributed by atoms with van der Waals surface area (Å²) < 4.78 is 27.1. The van der Waals surface area contributed by atoms with Crippen LogP contribution in [0.4, 0.5) is 5.69 Å². The summed E-state index contributed by atoms with van der Waals surface area (Å²) in [5.41, 5.74) is 0.982. The molecule has 3 aromatic carbocycles. The van der Waals surface area contributed by atoms with E-state index < -0.39 is 28.5 Å². The van der Waals surface area contributed by atoms with E-state index in [0.29, 0.717) is 33.1 Å². The highest BCUT2D eigenvalue weighted by Gasteiger charge is 2.32. The molecule has 10 heteroatoms. The Morgan fingerprint density at radius 1 is 0.974 bits per heavy atom. The van der Waals surface area contributed by atoms with Crippen LogP contribution in [0.5, 0.6) is 0 Å². The number of benzene rings is 3. The minimum Gasteiger partial charge on any atom is -0.352 e. The van der Waals surface area contributed by atoms with Gasteiger partial charge in [-0.15, -0.1) is 0 Å². The molecule has 0 aliphatic carbocycles. The number of hydrogen-bond acceptors (Lipinski definition) is 4. The van der Waals surface area contributed by atoms with Gasteiger partial charge in [0.25, 0.3) is 0 Å². The summed E-state index contributed by atoms with van der Waals surface area (Å²) in [5.74, 6) is -0.836. The average molecular weight is 579 g/mol. The van der Waals surface area contributed by atoms with Crippen molar-refractivity contribution in [3.05, 3.63) is 76.3 Å². The van der Waals surface area contributed by atoms with Gasteiger partial charge in [0.1, 0.15) is 12.6 Å². The first kappa shape index (κ1) is 29.7. The van der Waals surface area contributed by atoms with Gasteiger partial charge >= 0.3 is 0 Å². The molecule has 0 unspecified atom stereocenters. The summed E-state index contributed by atoms with van der Waals surface area (Å²) in [5, 5.41) is 5.28. The van der Waals surface area contributed by atoms with Gasteiger partial charge in [0, 0.05) is 28.0 Å². The van der Waals surface area contributed by atoms with Crippen molar-refractivity contribution >= 4 is 61.5 Å². The molecule has 0 spiro atoms. The molecule has 3 aromatic rings. The second-order valence-electron chi connectivity index (χ2n) is 9.27. The molecule has 1 N–H and O–H groups in total. The van der Waals surface area contributed by atoms with Gasteiger partial charge < -0.3 is 10.2 Å². The van der Waals surface area contributed by atoms with Crippen LogP contribution < -0.4 is 9.62 Å². The zero-order valence-corrected chi connectivity index (χ0v) is 24.3. The molecule has 0 aromatic heterocycles. The van der Waals surface area contributed by atoms with Gasteiger partial charge in [0.15, 0.2) is 0 Å². The fraction of sp³-hybridized carbons (Fsp3) is 0.357. The Labute approximate surface area is 234 Å². The molecule has 0 heterocycles. The number of carbonyl (C=O) groups is 2. The van der Waals surface area contributed by atoms with E-state index in [-0.39, 0.29) is 18.5 Å². The topological polar surface area (TPSA) is 86.8 Å². The van der Waals surface area contributed by atoms with E-state index in [1.807, 2.05) is 51.1 Å². The lowest BCUT2D eigenvalue weighted by molar-refractivity contribution is -0.140. The maximum absolute atomic E-state index is 13.9. The monoisotopic (exact) mass is 577 g/mol. The van der Waals surface area contributed by atoms with Crippen molar-refractivity contribution in [2.75, 3.05) is 17.1 Å². The number of nitrogens with zero attached hydrogens (tertiary/aromatic N) is 2. The predicted octanol–water partition coefficient (Wildman–Crippen LogP) is 5.63. The second-order valence-corrected chi connectivity index (χ2v) is 12.0. The largest absolute Gasteiger partial charge is 0.352 e. The Morgan fingerprint density at radius 3 is 2.29 bits per heavy atom. The molecule has 0 radical (unpaired) electrons. The third-order valence-corrected chi connectivity index (χ3v) is 8.17. The molecule has 7 nitrogen and oxygen atoms in total. The molecule has 2 atom stereocenters. The number of anilines is 1. The van der Waals surface area contributed by atoms with E-state index in [0.717, 1.165) is 22.4 Å². The van der Waals surface area contributed by atoms with Crippen molar-refractivity contribution in [1.82, 2.24) is 10.2 Å². The lowest BCUT2D eigenvalue weighted by Gasteiger charge is -2.33. The minimum absolute atomic E-state index is 0.00834. The SMILES string of the molecule is CC[C@H](C)NC(=O)[C@H](CC)N(Cc1ccc(Cl)cc1Cl)C(=O)CN(c1cccc2ccccc12)S(C)(=O)=O. The van der Waals surface area contributed by atoms with Gasteiger partial charge in [-0.2, -0.15) is 0 Å². The van der Waals surface area contributed by atoms with Crippen LogP contribution in [0.1, 0.15) is 39.2 Å². The van der Waals surface area contributed by atoms with Crippen LogP contribution in [0.15, 0.2) is 60.7 Å². The van der Waals surface area contributed by atoms with E-state index in [2.05, 4.69) is 5.32 Å². The van der Waals surface area contributed by atoms with Crippen molar-refractivity contribution < 1.29 is 18.0 Å². The Kier molecular flexibility index (Phi) is 10.0. The summed E-state index contributed by atoms with van der Waals surface area (Å²) in [6.07, 6.45) is 2.11. The summed E-state index contributed by atoms with van der Waals surface area (Å²) >= 11 is 12.5. The van der Waals surface area contributed by atoms with E-state index in [9.17, 15) is 18.0 Å². The Hall–Kier alpha value is -2.81. The smallest absolute Gasteiger partial charge is 0.244 e. The van der Waals surface area contributed by atoms with Crippen LogP contribution in [-0.4, -0.2) is 50.0 Å². The van der Waals surface area contributed by atoms with Gasteiger partial charge in [-0.3, -0.25) is 13.9 Å². The summed E-state index contributed by atoms with van der Waals surface area (Å²) in [6.45, 7) is 5.18. The standard InChI is InChI=1S/C28H33Cl2N3O4S/c1-5-19(3)31-28(35)25(6-2)32(17-21-14-15-22(29)16-24(21)30)27(34)18-33(38(4,36)37)26-13-9-11-20-10-7-8-12-23(20)26/h7-16,19,25H,5-6,17-18H2,1-4H3,(H,31,35)/t19-,25-/m0/s1. The van der Waals surface area contributed by atoms with E-state index in [4.69, 9.17) is 23.2 Å². The molecule has 0 aliphatic rings. The number of carbonyl (C=O) groups excluding carboxylic acids is 2. The molecule has 2 amide bonds. The number of halogens is 2.